The molecule has 3 aliphatic heterocycles. The zero-order valence-electron chi connectivity index (χ0n) is 70.9. The highest BCUT2D eigenvalue weighted by Crippen LogP contribution is 2.34. The Bertz CT molecular complexity index is 2250. The van der Waals surface area contributed by atoms with Crippen LogP contribution in [-0.4, -0.2) is 193 Å². The standard InChI is InChI=1S/C93H171NO18/c1-3-5-7-9-11-13-15-17-19-21-23-25-27-29-31-33-35-36-37-38-39-40-41-43-45-47-49-51-53-55-57-59-61-63-65-67-69-71-81(99)94-76(77(98)70-68-66-64-62-60-58-56-54-52-50-48-46-44-42-34-32-30-28-26-24-22-20-18-16-14-12-10-8-6-4-2)75-107-91-87(105)84(102)89(79(73-96)109-91)112-93-88(106)85(103)90(80(74-97)110-93)111-92-86(104)83(101)82(100)78(72-95)108-92/h15,17,21,23,52,54,60,62,68,70,76-80,82-93,95-98,100-106H,3-14,16,18-20,22,24-51,53,55-59,61,63-67,69,71-75H2,1-2H3,(H,94,99)/b17-15-,23-21-,54-52+,62-60+,70-68+. The van der Waals surface area contributed by atoms with Gasteiger partial charge in [0.25, 0.3) is 0 Å². The number of hydrogen-bond donors (Lipinski definition) is 12. The summed E-state index contributed by atoms with van der Waals surface area (Å²) in [6.45, 7) is 1.76. The summed E-state index contributed by atoms with van der Waals surface area (Å²) in [5.74, 6) is -0.283. The van der Waals surface area contributed by atoms with E-state index in [1.807, 2.05) is 6.08 Å². The molecule has 0 radical (unpaired) electrons. The third-order valence-corrected chi connectivity index (χ3v) is 23.0. The molecule has 656 valence electrons. The number of aliphatic hydroxyl groups excluding tert-OH is 11. The molecule has 3 rings (SSSR count). The number of aliphatic hydroxyl groups is 11. The Labute approximate surface area is 681 Å². The molecule has 19 heteroatoms. The van der Waals surface area contributed by atoms with Crippen LogP contribution in [0.3, 0.4) is 0 Å². The van der Waals surface area contributed by atoms with Crippen LogP contribution in [0.2, 0.25) is 0 Å². The number of rotatable bonds is 76. The zero-order valence-corrected chi connectivity index (χ0v) is 70.9. The number of carbonyl (C=O) groups is 1. The van der Waals surface area contributed by atoms with Crippen molar-refractivity contribution < 1.29 is 89.4 Å². The van der Waals surface area contributed by atoms with E-state index < -0.39 is 124 Å². The molecule has 3 aliphatic rings. The van der Waals surface area contributed by atoms with Gasteiger partial charge in [-0.3, -0.25) is 4.79 Å². The van der Waals surface area contributed by atoms with Crippen molar-refractivity contribution in [3.05, 3.63) is 60.8 Å². The number of carbonyl (C=O) groups excluding carboxylic acids is 1. The van der Waals surface area contributed by atoms with Gasteiger partial charge in [-0.15, -0.1) is 0 Å². The van der Waals surface area contributed by atoms with Crippen LogP contribution in [0.5, 0.6) is 0 Å². The van der Waals surface area contributed by atoms with Crippen molar-refractivity contribution in [1.82, 2.24) is 5.32 Å². The summed E-state index contributed by atoms with van der Waals surface area (Å²) in [4.78, 5) is 13.5. The highest BCUT2D eigenvalue weighted by atomic mass is 16.8. The van der Waals surface area contributed by atoms with E-state index in [9.17, 15) is 61.0 Å². The molecule has 0 spiro atoms. The smallest absolute Gasteiger partial charge is 0.220 e. The first-order valence-electron chi connectivity index (χ1n) is 46.5. The summed E-state index contributed by atoms with van der Waals surface area (Å²) in [5, 5.41) is 121. The Morgan fingerprint density at radius 1 is 0.321 bits per heavy atom. The highest BCUT2D eigenvalue weighted by Gasteiger charge is 2.54. The quantitative estimate of drug-likeness (QED) is 0.0199. The minimum atomic E-state index is -1.98. The van der Waals surface area contributed by atoms with Gasteiger partial charge in [0.2, 0.25) is 5.91 Å². The molecule has 0 aliphatic carbocycles. The van der Waals surface area contributed by atoms with Gasteiger partial charge >= 0.3 is 0 Å². The average Bonchev–Trinajstić information content (AvgIpc) is 0.781. The zero-order chi connectivity index (χ0) is 81.0. The highest BCUT2D eigenvalue weighted by molar-refractivity contribution is 5.76. The van der Waals surface area contributed by atoms with E-state index in [-0.39, 0.29) is 18.9 Å². The first-order valence-corrected chi connectivity index (χ1v) is 46.5. The van der Waals surface area contributed by atoms with Crippen LogP contribution in [0.15, 0.2) is 60.8 Å². The topological polar surface area (TPSA) is 307 Å². The average molecular weight is 1590 g/mol. The molecule has 0 aromatic rings. The summed E-state index contributed by atoms with van der Waals surface area (Å²) in [7, 11) is 0. The van der Waals surface area contributed by atoms with Crippen molar-refractivity contribution in [2.24, 2.45) is 0 Å². The first kappa shape index (κ1) is 104. The van der Waals surface area contributed by atoms with Gasteiger partial charge in [-0.2, -0.15) is 0 Å². The van der Waals surface area contributed by atoms with Crippen molar-refractivity contribution in [3.8, 4) is 0 Å². The molecule has 17 atom stereocenters. The normalized spacial score (nSPS) is 25.2. The summed E-state index contributed by atoms with van der Waals surface area (Å²) in [5.41, 5.74) is 0. The number of hydrogen-bond acceptors (Lipinski definition) is 18. The Kier molecular flexibility index (Phi) is 67.1. The van der Waals surface area contributed by atoms with Gasteiger partial charge in [-0.05, 0) is 77.0 Å². The van der Waals surface area contributed by atoms with Gasteiger partial charge < -0.3 is 89.9 Å². The van der Waals surface area contributed by atoms with E-state index in [2.05, 4.69) is 67.8 Å². The molecule has 12 N–H and O–H groups in total. The van der Waals surface area contributed by atoms with E-state index in [1.54, 1.807) is 6.08 Å². The van der Waals surface area contributed by atoms with E-state index in [4.69, 9.17) is 28.4 Å². The van der Waals surface area contributed by atoms with Crippen LogP contribution in [0, 0.1) is 0 Å². The third-order valence-electron chi connectivity index (χ3n) is 23.0. The van der Waals surface area contributed by atoms with Crippen LogP contribution in [-0.2, 0) is 33.2 Å². The summed E-state index contributed by atoms with van der Waals surface area (Å²) >= 11 is 0. The Morgan fingerprint density at radius 3 is 0.946 bits per heavy atom. The molecule has 0 saturated carbocycles. The molecular formula is C93H171NO18. The maximum absolute atomic E-state index is 13.5. The van der Waals surface area contributed by atoms with Crippen LogP contribution in [0.25, 0.3) is 0 Å². The maximum atomic E-state index is 13.5. The molecule has 19 nitrogen and oxygen atoms in total. The number of unbranched alkanes of at least 4 members (excludes halogenated alkanes) is 52. The fourth-order valence-corrected chi connectivity index (χ4v) is 15.6. The number of allylic oxidation sites excluding steroid dienone is 9. The third kappa shape index (κ3) is 50.4. The molecule has 17 unspecified atom stereocenters. The molecule has 3 saturated heterocycles. The second-order valence-corrected chi connectivity index (χ2v) is 33.1. The lowest BCUT2D eigenvalue weighted by molar-refractivity contribution is -0.379. The van der Waals surface area contributed by atoms with Crippen molar-refractivity contribution in [2.45, 2.75) is 497 Å². The summed E-state index contributed by atoms with van der Waals surface area (Å²) in [6, 6.07) is -0.999. The molecule has 3 fully saturated rings. The van der Waals surface area contributed by atoms with Crippen molar-refractivity contribution in [1.29, 1.82) is 0 Å². The van der Waals surface area contributed by atoms with Crippen LogP contribution in [0.1, 0.15) is 393 Å². The van der Waals surface area contributed by atoms with Crippen LogP contribution < -0.4 is 5.32 Å². The van der Waals surface area contributed by atoms with E-state index >= 15 is 0 Å². The van der Waals surface area contributed by atoms with E-state index in [0.717, 1.165) is 51.4 Å². The minimum Gasteiger partial charge on any atom is -0.394 e. The second kappa shape index (κ2) is 72.5. The van der Waals surface area contributed by atoms with Crippen molar-refractivity contribution in [2.75, 3.05) is 26.4 Å². The molecule has 1 amide bonds. The lowest BCUT2D eigenvalue weighted by Gasteiger charge is -2.48. The van der Waals surface area contributed by atoms with Gasteiger partial charge in [0.05, 0.1) is 38.6 Å². The predicted octanol–water partition coefficient (Wildman–Crippen LogP) is 18.1. The fourth-order valence-electron chi connectivity index (χ4n) is 15.6. The molecule has 0 bridgehead atoms. The molecule has 112 heavy (non-hydrogen) atoms. The van der Waals surface area contributed by atoms with Gasteiger partial charge in [0.15, 0.2) is 18.9 Å². The van der Waals surface area contributed by atoms with Crippen molar-refractivity contribution in [3.63, 3.8) is 0 Å². The van der Waals surface area contributed by atoms with Gasteiger partial charge in [0, 0.05) is 6.42 Å². The lowest BCUT2D eigenvalue weighted by Crippen LogP contribution is -2.66. The number of amides is 1. The minimum absolute atomic E-state index is 0.235. The summed E-state index contributed by atoms with van der Waals surface area (Å²) in [6.07, 6.45) is 69.6. The molecule has 0 aromatic heterocycles. The predicted molar refractivity (Wildman–Crippen MR) is 452 cm³/mol. The van der Waals surface area contributed by atoms with E-state index in [1.165, 1.54) is 308 Å². The van der Waals surface area contributed by atoms with E-state index in [0.29, 0.717) is 12.8 Å². The van der Waals surface area contributed by atoms with Crippen LogP contribution >= 0.6 is 0 Å². The summed E-state index contributed by atoms with van der Waals surface area (Å²) < 4.78 is 34.5. The molecule has 3 heterocycles. The Balaban J connectivity index is 1.32. The molecule has 0 aromatic carbocycles. The number of nitrogens with one attached hydrogen (secondary N) is 1. The first-order chi connectivity index (χ1) is 54.8. The SMILES string of the molecule is CCCCCCC/C=C\C/C=C\CCCCCCCCCCCCCCCCCCCCCCCCCCCC(=O)NC(COC1OC(CO)C(OC2OC(CO)C(OC3OC(CO)C(O)C(O)C3O)C(O)C2O)C(O)C1O)C(O)/C=C/CC/C=C/CC/C=C/CCCCCCCCCCCCCCCCCCCCCC. The second-order valence-electron chi connectivity index (χ2n) is 33.1. The largest absolute Gasteiger partial charge is 0.394 e. The monoisotopic (exact) mass is 1590 g/mol. The lowest BCUT2D eigenvalue weighted by atomic mass is 9.96. The Morgan fingerprint density at radius 2 is 0.598 bits per heavy atom. The van der Waals surface area contributed by atoms with Gasteiger partial charge in [-0.1, -0.05) is 370 Å². The molecular weight excluding hydrogens is 1420 g/mol. The van der Waals surface area contributed by atoms with Gasteiger partial charge in [-0.25, -0.2) is 0 Å². The Hall–Kier alpha value is -2.51. The number of ether oxygens (including phenoxy) is 6. The van der Waals surface area contributed by atoms with Crippen molar-refractivity contribution >= 4 is 5.91 Å². The van der Waals surface area contributed by atoms with Gasteiger partial charge in [0.1, 0.15) is 73.2 Å². The maximum Gasteiger partial charge on any atom is 0.220 e. The van der Waals surface area contributed by atoms with Crippen LogP contribution in [0.4, 0.5) is 0 Å². The fraction of sp³-hybridized carbons (Fsp3) is 0.882.